The average molecular weight is 305 g/mol. The Morgan fingerprint density at radius 2 is 1.86 bits per heavy atom. The van der Waals surface area contributed by atoms with Gasteiger partial charge in [0, 0.05) is 0 Å². The van der Waals surface area contributed by atoms with Crippen LogP contribution in [0.1, 0.15) is 5.56 Å². The largest absolute Gasteiger partial charge is 0.484 e. The summed E-state index contributed by atoms with van der Waals surface area (Å²) in [6.45, 7) is 0.544. The zero-order valence-corrected chi connectivity index (χ0v) is 12.3. The van der Waals surface area contributed by atoms with Crippen molar-refractivity contribution >= 4 is 23.2 Å². The summed E-state index contributed by atoms with van der Waals surface area (Å²) in [6, 6.07) is 14.6. The van der Waals surface area contributed by atoms with Crippen molar-refractivity contribution < 1.29 is 9.53 Å². The summed E-state index contributed by atoms with van der Waals surface area (Å²) < 4.78 is 5.43. The number of hydrogen-bond donors (Lipinski definition) is 2. The predicted molar refractivity (Wildman–Crippen MR) is 84.8 cm³/mol. The van der Waals surface area contributed by atoms with Gasteiger partial charge in [-0.15, -0.1) is 0 Å². The third-order valence-electron chi connectivity index (χ3n) is 2.87. The number of halogens is 1. The van der Waals surface area contributed by atoms with E-state index in [1.54, 1.807) is 24.3 Å². The SMILES string of the molecule is NCCc1ccc(OCC(=O)Nc2ccccc2Cl)cc1. The van der Waals surface area contributed by atoms with Crippen LogP contribution in [0.3, 0.4) is 0 Å². The summed E-state index contributed by atoms with van der Waals surface area (Å²) >= 11 is 5.97. The van der Waals surface area contributed by atoms with Crippen LogP contribution in [-0.2, 0) is 11.2 Å². The van der Waals surface area contributed by atoms with Gasteiger partial charge in [-0.25, -0.2) is 0 Å². The molecular weight excluding hydrogens is 288 g/mol. The van der Waals surface area contributed by atoms with Gasteiger partial charge in [-0.1, -0.05) is 35.9 Å². The number of amides is 1. The maximum absolute atomic E-state index is 11.8. The number of nitrogens with two attached hydrogens (primary N) is 1. The zero-order valence-electron chi connectivity index (χ0n) is 11.5. The van der Waals surface area contributed by atoms with E-state index in [9.17, 15) is 4.79 Å². The molecule has 2 rings (SSSR count). The first-order chi connectivity index (χ1) is 10.2. The van der Waals surface area contributed by atoms with Gasteiger partial charge in [-0.2, -0.15) is 0 Å². The van der Waals surface area contributed by atoms with Gasteiger partial charge in [0.2, 0.25) is 0 Å². The van der Waals surface area contributed by atoms with Crippen LogP contribution in [-0.4, -0.2) is 19.1 Å². The molecule has 0 aliphatic heterocycles. The van der Waals surface area contributed by atoms with Crippen molar-refractivity contribution in [1.29, 1.82) is 0 Å². The summed E-state index contributed by atoms with van der Waals surface area (Å²) in [6.07, 6.45) is 0.827. The minimum absolute atomic E-state index is 0.0680. The highest BCUT2D eigenvalue weighted by Crippen LogP contribution is 2.20. The average Bonchev–Trinajstić information content (AvgIpc) is 2.49. The number of ether oxygens (including phenoxy) is 1. The second kappa shape index (κ2) is 7.67. The molecule has 0 heterocycles. The lowest BCUT2D eigenvalue weighted by atomic mass is 10.1. The minimum Gasteiger partial charge on any atom is -0.484 e. The molecule has 21 heavy (non-hydrogen) atoms. The monoisotopic (exact) mass is 304 g/mol. The molecule has 0 aromatic heterocycles. The molecule has 0 spiro atoms. The predicted octanol–water partition coefficient (Wildman–Crippen LogP) is 2.86. The van der Waals surface area contributed by atoms with Crippen molar-refractivity contribution in [2.24, 2.45) is 5.73 Å². The van der Waals surface area contributed by atoms with Crippen LogP contribution in [0.5, 0.6) is 5.75 Å². The molecule has 5 heteroatoms. The van der Waals surface area contributed by atoms with E-state index in [-0.39, 0.29) is 12.5 Å². The first-order valence-corrected chi connectivity index (χ1v) is 7.03. The molecule has 2 aromatic rings. The lowest BCUT2D eigenvalue weighted by molar-refractivity contribution is -0.118. The Kier molecular flexibility index (Phi) is 5.60. The van der Waals surface area contributed by atoms with Gasteiger partial charge in [-0.3, -0.25) is 4.79 Å². The van der Waals surface area contributed by atoms with E-state index in [0.717, 1.165) is 12.0 Å². The molecule has 0 aliphatic carbocycles. The molecule has 0 unspecified atom stereocenters. The highest BCUT2D eigenvalue weighted by molar-refractivity contribution is 6.33. The van der Waals surface area contributed by atoms with Crippen LogP contribution < -0.4 is 15.8 Å². The summed E-state index contributed by atoms with van der Waals surface area (Å²) in [5.41, 5.74) is 7.21. The topological polar surface area (TPSA) is 64.3 Å². The second-order valence-corrected chi connectivity index (χ2v) is 4.91. The third kappa shape index (κ3) is 4.77. The molecule has 0 saturated carbocycles. The molecule has 0 radical (unpaired) electrons. The Morgan fingerprint density at radius 1 is 1.14 bits per heavy atom. The van der Waals surface area contributed by atoms with E-state index in [1.807, 2.05) is 24.3 Å². The van der Waals surface area contributed by atoms with Crippen molar-refractivity contribution in [3.8, 4) is 5.75 Å². The molecule has 4 nitrogen and oxygen atoms in total. The quantitative estimate of drug-likeness (QED) is 0.862. The fourth-order valence-corrected chi connectivity index (χ4v) is 2.00. The number of para-hydroxylation sites is 1. The summed E-state index contributed by atoms with van der Waals surface area (Å²) in [7, 11) is 0. The van der Waals surface area contributed by atoms with Crippen molar-refractivity contribution in [2.75, 3.05) is 18.5 Å². The maximum Gasteiger partial charge on any atom is 0.262 e. The van der Waals surface area contributed by atoms with E-state index < -0.39 is 0 Å². The van der Waals surface area contributed by atoms with Gasteiger partial charge in [-0.05, 0) is 42.8 Å². The first-order valence-electron chi connectivity index (χ1n) is 6.65. The van der Waals surface area contributed by atoms with Crippen LogP contribution in [0, 0.1) is 0 Å². The second-order valence-electron chi connectivity index (χ2n) is 4.50. The molecule has 110 valence electrons. The Morgan fingerprint density at radius 3 is 2.52 bits per heavy atom. The van der Waals surface area contributed by atoms with Crippen molar-refractivity contribution in [3.05, 3.63) is 59.1 Å². The van der Waals surface area contributed by atoms with E-state index in [4.69, 9.17) is 22.1 Å². The minimum atomic E-state index is -0.255. The molecular formula is C16H17ClN2O2. The molecule has 2 aromatic carbocycles. The standard InChI is InChI=1S/C16H17ClN2O2/c17-14-3-1-2-4-15(14)19-16(20)11-21-13-7-5-12(6-8-13)9-10-18/h1-8H,9-11,18H2,(H,19,20). The van der Waals surface area contributed by atoms with Gasteiger partial charge in [0.05, 0.1) is 10.7 Å². The summed E-state index contributed by atoms with van der Waals surface area (Å²) in [5, 5.41) is 3.20. The Hall–Kier alpha value is -2.04. The number of nitrogens with one attached hydrogen (secondary N) is 1. The fourth-order valence-electron chi connectivity index (χ4n) is 1.82. The number of carbonyl (C=O) groups excluding carboxylic acids is 1. The molecule has 1 amide bonds. The molecule has 0 atom stereocenters. The van der Waals surface area contributed by atoms with Crippen LogP contribution in [0.4, 0.5) is 5.69 Å². The summed E-state index contributed by atoms with van der Waals surface area (Å²) in [4.78, 5) is 11.8. The normalized spacial score (nSPS) is 10.2. The number of carbonyl (C=O) groups is 1. The maximum atomic E-state index is 11.8. The lowest BCUT2D eigenvalue weighted by Gasteiger charge is -2.09. The highest BCUT2D eigenvalue weighted by atomic mass is 35.5. The number of anilines is 1. The van der Waals surface area contributed by atoms with Crippen molar-refractivity contribution in [2.45, 2.75) is 6.42 Å². The molecule has 3 N–H and O–H groups in total. The Bertz CT molecular complexity index is 599. The van der Waals surface area contributed by atoms with Gasteiger partial charge in [0.15, 0.2) is 6.61 Å². The Balaban J connectivity index is 1.85. The van der Waals surface area contributed by atoms with Crippen LogP contribution in [0.2, 0.25) is 5.02 Å². The van der Waals surface area contributed by atoms with E-state index in [0.29, 0.717) is 23.0 Å². The summed E-state index contributed by atoms with van der Waals surface area (Å²) in [5.74, 6) is 0.388. The van der Waals surface area contributed by atoms with Gasteiger partial charge >= 0.3 is 0 Å². The van der Waals surface area contributed by atoms with E-state index in [2.05, 4.69) is 5.32 Å². The fraction of sp³-hybridized carbons (Fsp3) is 0.188. The lowest BCUT2D eigenvalue weighted by Crippen LogP contribution is -2.20. The molecule has 0 fully saturated rings. The number of hydrogen-bond acceptors (Lipinski definition) is 3. The highest BCUT2D eigenvalue weighted by Gasteiger charge is 2.06. The van der Waals surface area contributed by atoms with Crippen molar-refractivity contribution in [1.82, 2.24) is 0 Å². The van der Waals surface area contributed by atoms with Crippen LogP contribution in [0.25, 0.3) is 0 Å². The van der Waals surface area contributed by atoms with Crippen LogP contribution >= 0.6 is 11.6 Å². The van der Waals surface area contributed by atoms with E-state index >= 15 is 0 Å². The Labute approximate surface area is 128 Å². The van der Waals surface area contributed by atoms with Gasteiger partial charge in [0.25, 0.3) is 5.91 Å². The van der Waals surface area contributed by atoms with Gasteiger partial charge < -0.3 is 15.8 Å². The van der Waals surface area contributed by atoms with E-state index in [1.165, 1.54) is 0 Å². The van der Waals surface area contributed by atoms with Crippen LogP contribution in [0.15, 0.2) is 48.5 Å². The molecule has 0 saturated heterocycles. The smallest absolute Gasteiger partial charge is 0.262 e. The molecule has 0 bridgehead atoms. The molecule has 0 aliphatic rings. The van der Waals surface area contributed by atoms with Crippen molar-refractivity contribution in [3.63, 3.8) is 0 Å². The zero-order chi connectivity index (χ0) is 15.1. The third-order valence-corrected chi connectivity index (χ3v) is 3.20. The first kappa shape index (κ1) is 15.4. The number of rotatable bonds is 6. The van der Waals surface area contributed by atoms with Gasteiger partial charge in [0.1, 0.15) is 5.75 Å². The number of benzene rings is 2.